The van der Waals surface area contributed by atoms with E-state index in [1.165, 1.54) is 30.7 Å². The molecule has 1 aromatic rings. The zero-order valence-electron chi connectivity index (χ0n) is 9.74. The Morgan fingerprint density at radius 2 is 2.33 bits per heavy atom. The third kappa shape index (κ3) is 2.07. The average Bonchev–Trinajstić information content (AvgIpc) is 2.46. The second-order valence-corrected chi connectivity index (χ2v) is 4.63. The summed E-state index contributed by atoms with van der Waals surface area (Å²) in [6, 6.07) is 2.31. The molecule has 1 aliphatic rings. The van der Waals surface area contributed by atoms with Crippen molar-refractivity contribution in [1.82, 2.24) is 9.78 Å². The van der Waals surface area contributed by atoms with Gasteiger partial charge in [-0.1, -0.05) is 13.3 Å². The van der Waals surface area contributed by atoms with Crippen LogP contribution in [0.15, 0.2) is 6.07 Å². The third-order valence-corrected chi connectivity index (χ3v) is 3.26. The van der Waals surface area contributed by atoms with Crippen LogP contribution in [0.25, 0.3) is 0 Å². The van der Waals surface area contributed by atoms with E-state index in [2.05, 4.69) is 22.8 Å². The van der Waals surface area contributed by atoms with Gasteiger partial charge in [-0.15, -0.1) is 0 Å². The van der Waals surface area contributed by atoms with Crippen LogP contribution in [0.1, 0.15) is 62.9 Å². The van der Waals surface area contributed by atoms with Gasteiger partial charge >= 0.3 is 0 Å². The number of hydrogen-bond acceptors (Lipinski definition) is 2. The van der Waals surface area contributed by atoms with E-state index in [1.54, 1.807) is 0 Å². The van der Waals surface area contributed by atoms with E-state index in [0.717, 1.165) is 13.0 Å². The van der Waals surface area contributed by atoms with Crippen LogP contribution in [-0.2, 0) is 6.54 Å². The molecule has 1 fully saturated rings. The quantitative estimate of drug-likeness (QED) is 0.824. The molecule has 3 heteroatoms. The first-order chi connectivity index (χ1) is 7.22. The molecule has 0 saturated heterocycles. The highest BCUT2D eigenvalue weighted by Crippen LogP contribution is 2.36. The molecule has 84 valence electrons. The van der Waals surface area contributed by atoms with Crippen LogP contribution in [0.5, 0.6) is 0 Å². The van der Waals surface area contributed by atoms with Crippen molar-refractivity contribution in [2.45, 2.75) is 58.0 Å². The van der Waals surface area contributed by atoms with E-state index in [0.29, 0.717) is 5.92 Å². The first-order valence-electron chi connectivity index (χ1n) is 6.05. The maximum atomic E-state index is 5.96. The molecule has 0 spiro atoms. The standard InChI is InChI=1S/C12H21N3/c1-3-7-15-12(9(2)13)8-11(14-15)10-5-4-6-10/h8-10H,3-7,13H2,1-2H3. The molecule has 1 aromatic heterocycles. The van der Waals surface area contributed by atoms with Gasteiger partial charge in [-0.25, -0.2) is 0 Å². The summed E-state index contributed by atoms with van der Waals surface area (Å²) in [7, 11) is 0. The molecule has 0 amide bonds. The van der Waals surface area contributed by atoms with Gasteiger partial charge in [0.1, 0.15) is 0 Å². The number of rotatable bonds is 4. The summed E-state index contributed by atoms with van der Waals surface area (Å²) in [6.45, 7) is 5.20. The van der Waals surface area contributed by atoms with Gasteiger partial charge in [0.15, 0.2) is 0 Å². The summed E-state index contributed by atoms with van der Waals surface area (Å²) in [4.78, 5) is 0. The highest BCUT2D eigenvalue weighted by Gasteiger charge is 2.23. The largest absolute Gasteiger partial charge is 0.323 e. The van der Waals surface area contributed by atoms with Crippen molar-refractivity contribution in [2.24, 2.45) is 5.73 Å². The third-order valence-electron chi connectivity index (χ3n) is 3.26. The number of hydrogen-bond donors (Lipinski definition) is 1. The van der Waals surface area contributed by atoms with Crippen LogP contribution in [0.2, 0.25) is 0 Å². The SMILES string of the molecule is CCCn1nc(C2CCC2)cc1C(C)N. The molecule has 3 nitrogen and oxygen atoms in total. The molecule has 0 aliphatic heterocycles. The number of nitrogens with two attached hydrogens (primary N) is 1. The number of aryl methyl sites for hydroxylation is 1. The lowest BCUT2D eigenvalue weighted by Crippen LogP contribution is -2.13. The summed E-state index contributed by atoms with van der Waals surface area (Å²) >= 11 is 0. The molecule has 0 aromatic carbocycles. The molecular weight excluding hydrogens is 186 g/mol. The van der Waals surface area contributed by atoms with E-state index in [1.807, 2.05) is 6.92 Å². The van der Waals surface area contributed by atoms with E-state index < -0.39 is 0 Å². The molecule has 1 aliphatic carbocycles. The summed E-state index contributed by atoms with van der Waals surface area (Å²) in [5, 5.41) is 4.68. The fourth-order valence-electron chi connectivity index (χ4n) is 2.11. The molecule has 0 bridgehead atoms. The second-order valence-electron chi connectivity index (χ2n) is 4.63. The lowest BCUT2D eigenvalue weighted by molar-refractivity contribution is 0.404. The normalized spacial score (nSPS) is 18.9. The first kappa shape index (κ1) is 10.7. The number of aromatic nitrogens is 2. The minimum atomic E-state index is 0.0953. The van der Waals surface area contributed by atoms with Crippen molar-refractivity contribution in [3.63, 3.8) is 0 Å². The zero-order valence-corrected chi connectivity index (χ0v) is 9.74. The van der Waals surface area contributed by atoms with E-state index >= 15 is 0 Å². The molecule has 0 radical (unpaired) electrons. The fourth-order valence-corrected chi connectivity index (χ4v) is 2.11. The van der Waals surface area contributed by atoms with Gasteiger partial charge in [-0.05, 0) is 32.3 Å². The van der Waals surface area contributed by atoms with Crippen LogP contribution in [0, 0.1) is 0 Å². The van der Waals surface area contributed by atoms with Crippen molar-refractivity contribution in [3.8, 4) is 0 Å². The second kappa shape index (κ2) is 4.35. The van der Waals surface area contributed by atoms with Crippen molar-refractivity contribution >= 4 is 0 Å². The molecule has 15 heavy (non-hydrogen) atoms. The molecule has 1 atom stereocenters. The average molecular weight is 207 g/mol. The highest BCUT2D eigenvalue weighted by atomic mass is 15.3. The van der Waals surface area contributed by atoms with Gasteiger partial charge in [-0.2, -0.15) is 5.10 Å². The topological polar surface area (TPSA) is 43.8 Å². The summed E-state index contributed by atoms with van der Waals surface area (Å²) < 4.78 is 2.10. The Morgan fingerprint density at radius 1 is 1.60 bits per heavy atom. The van der Waals surface area contributed by atoms with Crippen LogP contribution in [0.4, 0.5) is 0 Å². The van der Waals surface area contributed by atoms with Crippen molar-refractivity contribution in [1.29, 1.82) is 0 Å². The lowest BCUT2D eigenvalue weighted by Gasteiger charge is -2.22. The minimum absolute atomic E-state index is 0.0953. The Balaban J connectivity index is 2.22. The summed E-state index contributed by atoms with van der Waals surface area (Å²) in [5.74, 6) is 0.709. The molecule has 1 heterocycles. The first-order valence-corrected chi connectivity index (χ1v) is 6.05. The summed E-state index contributed by atoms with van der Waals surface area (Å²) in [5.41, 5.74) is 8.42. The fraction of sp³-hybridized carbons (Fsp3) is 0.750. The van der Waals surface area contributed by atoms with Gasteiger partial charge in [0.05, 0.1) is 11.4 Å². The Kier molecular flexibility index (Phi) is 3.10. The van der Waals surface area contributed by atoms with E-state index in [9.17, 15) is 0 Å². The van der Waals surface area contributed by atoms with Crippen LogP contribution < -0.4 is 5.73 Å². The van der Waals surface area contributed by atoms with E-state index in [4.69, 9.17) is 5.73 Å². The van der Waals surface area contributed by atoms with Crippen LogP contribution >= 0.6 is 0 Å². The highest BCUT2D eigenvalue weighted by molar-refractivity contribution is 5.18. The predicted molar refractivity (Wildman–Crippen MR) is 61.7 cm³/mol. The van der Waals surface area contributed by atoms with Gasteiger partial charge in [0.25, 0.3) is 0 Å². The predicted octanol–water partition coefficient (Wildman–Crippen LogP) is 2.58. The Morgan fingerprint density at radius 3 is 2.80 bits per heavy atom. The van der Waals surface area contributed by atoms with Crippen molar-refractivity contribution in [3.05, 3.63) is 17.5 Å². The van der Waals surface area contributed by atoms with Gasteiger partial charge < -0.3 is 5.73 Å². The van der Waals surface area contributed by atoms with E-state index in [-0.39, 0.29) is 6.04 Å². The zero-order chi connectivity index (χ0) is 10.8. The maximum absolute atomic E-state index is 5.96. The smallest absolute Gasteiger partial charge is 0.0659 e. The molecule has 2 rings (SSSR count). The molecule has 2 N–H and O–H groups in total. The Labute approximate surface area is 91.7 Å². The number of nitrogens with zero attached hydrogens (tertiary/aromatic N) is 2. The van der Waals surface area contributed by atoms with Crippen LogP contribution in [0.3, 0.4) is 0 Å². The Bertz CT molecular complexity index is 324. The van der Waals surface area contributed by atoms with Crippen molar-refractivity contribution in [2.75, 3.05) is 0 Å². The molecule has 1 unspecified atom stereocenters. The van der Waals surface area contributed by atoms with Gasteiger partial charge in [-0.3, -0.25) is 4.68 Å². The molecule has 1 saturated carbocycles. The maximum Gasteiger partial charge on any atom is 0.0659 e. The van der Waals surface area contributed by atoms with Gasteiger partial charge in [0.2, 0.25) is 0 Å². The summed E-state index contributed by atoms with van der Waals surface area (Å²) in [6.07, 6.45) is 5.09. The van der Waals surface area contributed by atoms with Crippen LogP contribution in [-0.4, -0.2) is 9.78 Å². The minimum Gasteiger partial charge on any atom is -0.323 e. The Hall–Kier alpha value is -0.830. The lowest BCUT2D eigenvalue weighted by atomic mass is 9.83. The van der Waals surface area contributed by atoms with Gasteiger partial charge in [0, 0.05) is 18.5 Å². The monoisotopic (exact) mass is 207 g/mol. The molecular formula is C12H21N3. The van der Waals surface area contributed by atoms with Crippen molar-refractivity contribution < 1.29 is 0 Å².